The summed E-state index contributed by atoms with van der Waals surface area (Å²) in [5, 5.41) is 7.39. The van der Waals surface area contributed by atoms with Gasteiger partial charge in [0.2, 0.25) is 15.7 Å². The molecule has 0 fully saturated rings. The summed E-state index contributed by atoms with van der Waals surface area (Å²) in [5.41, 5.74) is 2.58. The van der Waals surface area contributed by atoms with Crippen molar-refractivity contribution in [2.45, 2.75) is 42.9 Å². The number of hydrogen-bond acceptors (Lipinski definition) is 7. The molecule has 0 atom stereocenters. The van der Waals surface area contributed by atoms with Crippen LogP contribution in [0.4, 0.5) is 5.82 Å². The van der Waals surface area contributed by atoms with Crippen molar-refractivity contribution in [3.63, 3.8) is 0 Å². The van der Waals surface area contributed by atoms with Crippen molar-refractivity contribution in [3.05, 3.63) is 47.3 Å². The Hall–Kier alpha value is -2.69. The molecule has 9 nitrogen and oxygen atoms in total. The van der Waals surface area contributed by atoms with E-state index in [1.807, 2.05) is 13.8 Å². The van der Waals surface area contributed by atoms with E-state index in [1.165, 1.54) is 0 Å². The minimum atomic E-state index is -3.85. The molecule has 0 aliphatic carbocycles. The molecule has 1 N–H and O–H groups in total. The van der Waals surface area contributed by atoms with Crippen LogP contribution in [0.3, 0.4) is 0 Å². The largest absolute Gasteiger partial charge is 0.370 e. The van der Waals surface area contributed by atoms with Crippen molar-refractivity contribution in [1.82, 2.24) is 23.9 Å². The van der Waals surface area contributed by atoms with Gasteiger partial charge >= 0.3 is 0 Å². The first-order chi connectivity index (χ1) is 16.1. The van der Waals surface area contributed by atoms with Gasteiger partial charge in [0.05, 0.1) is 4.90 Å². The van der Waals surface area contributed by atoms with Gasteiger partial charge in [0, 0.05) is 52.0 Å². The first-order valence-electron chi connectivity index (χ1n) is 11.1. The van der Waals surface area contributed by atoms with Crippen LogP contribution in [0.25, 0.3) is 5.65 Å². The number of nitrogens with one attached hydrogen (secondary N) is 1. The van der Waals surface area contributed by atoms with Crippen molar-refractivity contribution in [2.75, 3.05) is 39.5 Å². The molecule has 0 unspecified atom stereocenters. The molecule has 0 aliphatic heterocycles. The van der Waals surface area contributed by atoms with Crippen LogP contribution >= 0.6 is 11.8 Å². The number of carbonyl (C=O) groups excluding carboxylic acids is 1. The minimum absolute atomic E-state index is 0.0276. The number of aromatic nitrogens is 3. The lowest BCUT2D eigenvalue weighted by Gasteiger charge is -2.18. The molecule has 0 saturated carbocycles. The number of halogens is 1. The Bertz CT molecular complexity index is 1280. The van der Waals surface area contributed by atoms with Crippen LogP contribution < -0.4 is 5.32 Å². The predicted octanol–water partition coefficient (Wildman–Crippen LogP) is 3.09. The van der Waals surface area contributed by atoms with E-state index in [4.69, 9.17) is 11.8 Å². The molecule has 0 radical (unpaired) electrons. The second kappa shape index (κ2) is 10.7. The Morgan fingerprint density at radius 1 is 1.15 bits per heavy atom. The van der Waals surface area contributed by atoms with Crippen LogP contribution in [0, 0.1) is 13.8 Å². The Morgan fingerprint density at radius 2 is 1.82 bits per heavy atom. The number of benzene rings is 1. The normalized spacial score (nSPS) is 11.9. The van der Waals surface area contributed by atoms with E-state index < -0.39 is 9.84 Å². The van der Waals surface area contributed by atoms with Crippen LogP contribution in [0.5, 0.6) is 0 Å². The fourth-order valence-corrected chi connectivity index (χ4v) is 5.55. The zero-order valence-corrected chi connectivity index (χ0v) is 21.7. The molecule has 0 bridgehead atoms. The van der Waals surface area contributed by atoms with Gasteiger partial charge in [0.1, 0.15) is 0 Å². The Morgan fingerprint density at radius 3 is 2.44 bits per heavy atom. The maximum atomic E-state index is 13.4. The first-order valence-corrected chi connectivity index (χ1v) is 12.9. The molecule has 1 amide bonds. The van der Waals surface area contributed by atoms with Gasteiger partial charge in [0.15, 0.2) is 16.4 Å². The summed E-state index contributed by atoms with van der Waals surface area (Å²) in [7, 11) is 1.35. The zero-order valence-electron chi connectivity index (χ0n) is 20.2. The van der Waals surface area contributed by atoms with E-state index in [1.54, 1.807) is 65.3 Å². The minimum Gasteiger partial charge on any atom is -0.370 e. The van der Waals surface area contributed by atoms with Gasteiger partial charge in [-0.2, -0.15) is 0 Å². The molecule has 0 spiro atoms. The number of nitrogens with zero attached hydrogens (tertiary/aromatic N) is 5. The number of anilines is 1. The molecular formula is C23H31ClN6O3S. The molecule has 11 heteroatoms. The Kier molecular flexibility index (Phi) is 8.17. The Balaban J connectivity index is 1.92. The third kappa shape index (κ3) is 5.34. The molecule has 2 aromatic heterocycles. The van der Waals surface area contributed by atoms with Gasteiger partial charge in [-0.25, -0.2) is 22.3 Å². The molecule has 2 heterocycles. The van der Waals surface area contributed by atoms with Crippen LogP contribution in [0.1, 0.15) is 29.8 Å². The highest BCUT2D eigenvalue weighted by atomic mass is 35.5. The van der Waals surface area contributed by atoms with Gasteiger partial charge < -0.3 is 10.2 Å². The molecule has 0 aliphatic rings. The van der Waals surface area contributed by atoms with E-state index in [0.717, 1.165) is 17.7 Å². The molecule has 34 heavy (non-hydrogen) atoms. The van der Waals surface area contributed by atoms with Crippen molar-refractivity contribution in [1.29, 1.82) is 0 Å². The number of amides is 1. The second-order valence-electron chi connectivity index (χ2n) is 8.24. The average Bonchev–Trinajstić information content (AvgIpc) is 3.18. The third-order valence-corrected chi connectivity index (χ3v) is 7.79. The van der Waals surface area contributed by atoms with Crippen LogP contribution in [0.15, 0.2) is 40.1 Å². The van der Waals surface area contributed by atoms with Crippen LogP contribution in [-0.2, 0) is 21.1 Å². The molecular weight excluding hydrogens is 476 g/mol. The topological polar surface area (TPSA) is 99.9 Å². The lowest BCUT2D eigenvalue weighted by atomic mass is 10.1. The van der Waals surface area contributed by atoms with E-state index >= 15 is 0 Å². The van der Waals surface area contributed by atoms with Crippen molar-refractivity contribution in [3.8, 4) is 0 Å². The number of sulfone groups is 1. The number of aryl methyl sites for hydroxylation is 2. The number of rotatable bonds is 10. The summed E-state index contributed by atoms with van der Waals surface area (Å²) >= 11 is 5.82. The summed E-state index contributed by atoms with van der Waals surface area (Å²) in [6.45, 7) is 5.01. The van der Waals surface area contributed by atoms with E-state index in [0.29, 0.717) is 31.6 Å². The molecule has 184 valence electrons. The first kappa shape index (κ1) is 25.9. The molecule has 1 aromatic carbocycles. The highest BCUT2D eigenvalue weighted by Gasteiger charge is 2.29. The van der Waals surface area contributed by atoms with E-state index in [9.17, 15) is 13.2 Å². The lowest BCUT2D eigenvalue weighted by Crippen LogP contribution is -2.29. The van der Waals surface area contributed by atoms with Crippen molar-refractivity contribution in [2.24, 2.45) is 0 Å². The quantitative estimate of drug-likeness (QED) is 0.422. The molecule has 3 rings (SSSR count). The van der Waals surface area contributed by atoms with Crippen molar-refractivity contribution < 1.29 is 13.2 Å². The van der Waals surface area contributed by atoms with Crippen LogP contribution in [0.2, 0.25) is 0 Å². The summed E-state index contributed by atoms with van der Waals surface area (Å²) in [6.07, 6.45) is 1.58. The Labute approximate surface area is 205 Å². The van der Waals surface area contributed by atoms with Gasteiger partial charge in [-0.15, -0.1) is 5.10 Å². The summed E-state index contributed by atoms with van der Waals surface area (Å²) in [4.78, 5) is 19.2. The zero-order chi connectivity index (χ0) is 25.0. The third-order valence-electron chi connectivity index (χ3n) is 5.82. The van der Waals surface area contributed by atoms with Gasteiger partial charge in [-0.05, 0) is 56.2 Å². The van der Waals surface area contributed by atoms with Gasteiger partial charge in [-0.1, -0.05) is 18.2 Å². The molecule has 0 saturated heterocycles. The van der Waals surface area contributed by atoms with E-state index in [2.05, 4.69) is 15.4 Å². The lowest BCUT2D eigenvalue weighted by molar-refractivity contribution is -0.129. The number of fused-ring (bicyclic) bond motifs is 1. The number of hydrogen-bond donors (Lipinski definition) is 1. The average molecular weight is 507 g/mol. The predicted molar refractivity (Wildman–Crippen MR) is 133 cm³/mol. The monoisotopic (exact) mass is 506 g/mol. The van der Waals surface area contributed by atoms with Crippen molar-refractivity contribution >= 4 is 39.0 Å². The maximum absolute atomic E-state index is 13.4. The summed E-state index contributed by atoms with van der Waals surface area (Å²) in [5.74, 6) is 0.260. The summed E-state index contributed by atoms with van der Waals surface area (Å²) in [6, 6.07) is 8.24. The summed E-state index contributed by atoms with van der Waals surface area (Å²) < 4.78 is 30.0. The highest BCUT2D eigenvalue weighted by molar-refractivity contribution is 7.91. The van der Waals surface area contributed by atoms with Gasteiger partial charge in [0.25, 0.3) is 0 Å². The highest BCUT2D eigenvalue weighted by Crippen LogP contribution is 2.32. The fourth-order valence-electron chi connectivity index (χ4n) is 3.91. The second-order valence-corrected chi connectivity index (χ2v) is 10.7. The number of carbonyl (C=O) groups is 1. The van der Waals surface area contributed by atoms with Gasteiger partial charge in [-0.3, -0.25) is 4.79 Å². The van der Waals surface area contributed by atoms with Crippen LogP contribution in [-0.4, -0.2) is 72.5 Å². The fraction of sp³-hybridized carbons (Fsp3) is 0.435. The van der Waals surface area contributed by atoms with E-state index in [-0.39, 0.29) is 27.2 Å². The maximum Gasteiger partial charge on any atom is 0.222 e. The smallest absolute Gasteiger partial charge is 0.222 e. The SMILES string of the molecule is CNc1nn2c(C)c(CCC(=O)N(C)CCCN(C)Cl)c(C)nc2c1S(=O)(=O)c1ccccc1. The standard InChI is InChI=1S/C23H31ClN6O3S/c1-16-19(12-13-20(31)28(4)14-9-15-29(5)24)17(2)30-23(26-16)21(22(25-3)27-30)34(32,33)18-10-7-6-8-11-18/h6-8,10-11H,9,12-15H2,1-5H3,(H,25,27). The molecule has 3 aromatic rings.